The van der Waals surface area contributed by atoms with Crippen LogP contribution in [0.4, 0.5) is 5.69 Å². The Morgan fingerprint density at radius 1 is 1.14 bits per heavy atom. The van der Waals surface area contributed by atoms with Crippen LogP contribution in [0.5, 0.6) is 11.5 Å². The topological polar surface area (TPSA) is 68.8 Å². The molecule has 2 aromatic carbocycles. The minimum atomic E-state index is -0.230. The Morgan fingerprint density at radius 2 is 1.90 bits per heavy atom. The molecule has 0 fully saturated rings. The number of hydrogen-bond donors (Lipinski definition) is 2. The molecule has 0 aromatic heterocycles. The first-order valence-electron chi connectivity index (χ1n) is 9.68. The number of ether oxygens (including phenoxy) is 3. The highest BCUT2D eigenvalue weighted by Crippen LogP contribution is 2.36. The van der Waals surface area contributed by atoms with Crippen LogP contribution < -0.4 is 20.1 Å². The van der Waals surface area contributed by atoms with Gasteiger partial charge in [0.05, 0.1) is 7.11 Å². The quantitative estimate of drug-likeness (QED) is 0.458. The molecule has 0 spiro atoms. The number of benzene rings is 2. The molecule has 2 N–H and O–H groups in total. The van der Waals surface area contributed by atoms with E-state index >= 15 is 0 Å². The molecule has 2 rings (SSSR count). The lowest BCUT2D eigenvalue weighted by molar-refractivity contribution is -0.118. The monoisotopic (exact) mass is 464 g/mol. The van der Waals surface area contributed by atoms with Gasteiger partial charge in [-0.1, -0.05) is 33.6 Å². The second kappa shape index (κ2) is 12.5. The van der Waals surface area contributed by atoms with Crippen LogP contribution in [0.1, 0.15) is 24.5 Å². The van der Waals surface area contributed by atoms with Crippen LogP contribution in [0.2, 0.25) is 0 Å². The maximum absolute atomic E-state index is 12.3. The van der Waals surface area contributed by atoms with Gasteiger partial charge < -0.3 is 24.8 Å². The predicted octanol–water partition coefficient (Wildman–Crippen LogP) is 4.30. The number of nitrogens with one attached hydrogen (secondary N) is 2. The summed E-state index contributed by atoms with van der Waals surface area (Å²) in [5.74, 6) is 0.909. The van der Waals surface area contributed by atoms with Crippen molar-refractivity contribution in [2.75, 3.05) is 38.8 Å². The standard InChI is InChI=1S/C22H29BrN2O4/c1-4-28-13-5-12-24-14-18-19(23)10-11-20(27-3)22(18)29-15-21(26)25-17-8-6-16(2)7-9-17/h6-11,24H,4-5,12-15H2,1-3H3,(H,25,26). The van der Waals surface area contributed by atoms with Crippen molar-refractivity contribution in [2.24, 2.45) is 0 Å². The SMILES string of the molecule is CCOCCCNCc1c(Br)ccc(OC)c1OCC(=O)Nc1ccc(C)cc1. The maximum Gasteiger partial charge on any atom is 0.262 e. The van der Waals surface area contributed by atoms with Gasteiger partial charge in [-0.3, -0.25) is 4.79 Å². The van der Waals surface area contributed by atoms with E-state index in [2.05, 4.69) is 26.6 Å². The van der Waals surface area contributed by atoms with Gasteiger partial charge >= 0.3 is 0 Å². The molecule has 0 atom stereocenters. The fraction of sp³-hybridized carbons (Fsp3) is 0.409. The predicted molar refractivity (Wildman–Crippen MR) is 119 cm³/mol. The third-order valence-corrected chi connectivity index (χ3v) is 4.96. The number of amides is 1. The minimum Gasteiger partial charge on any atom is -0.493 e. The molecule has 0 aliphatic rings. The lowest BCUT2D eigenvalue weighted by Gasteiger charge is -2.17. The second-order valence-corrected chi connectivity index (χ2v) is 7.34. The molecule has 0 heterocycles. The van der Waals surface area contributed by atoms with E-state index in [0.717, 1.165) is 47.5 Å². The lowest BCUT2D eigenvalue weighted by atomic mass is 10.1. The molecule has 29 heavy (non-hydrogen) atoms. The molecule has 0 radical (unpaired) electrons. The van der Waals surface area contributed by atoms with Crippen LogP contribution in [0.25, 0.3) is 0 Å². The van der Waals surface area contributed by atoms with Crippen molar-refractivity contribution in [3.05, 3.63) is 52.0 Å². The van der Waals surface area contributed by atoms with Crippen molar-refractivity contribution in [1.82, 2.24) is 5.32 Å². The van der Waals surface area contributed by atoms with Gasteiger partial charge in [0.2, 0.25) is 0 Å². The molecular weight excluding hydrogens is 436 g/mol. The van der Waals surface area contributed by atoms with Gasteiger partial charge in [0.25, 0.3) is 5.91 Å². The molecule has 7 heteroatoms. The van der Waals surface area contributed by atoms with Gasteiger partial charge in [-0.25, -0.2) is 0 Å². The average molecular weight is 465 g/mol. The van der Waals surface area contributed by atoms with Crippen molar-refractivity contribution < 1.29 is 19.0 Å². The highest BCUT2D eigenvalue weighted by Gasteiger charge is 2.16. The maximum atomic E-state index is 12.3. The summed E-state index contributed by atoms with van der Waals surface area (Å²) in [6.07, 6.45) is 0.921. The van der Waals surface area contributed by atoms with E-state index in [0.29, 0.717) is 18.0 Å². The van der Waals surface area contributed by atoms with E-state index in [1.165, 1.54) is 0 Å². The smallest absolute Gasteiger partial charge is 0.262 e. The van der Waals surface area contributed by atoms with Crippen molar-refractivity contribution in [3.8, 4) is 11.5 Å². The summed E-state index contributed by atoms with van der Waals surface area (Å²) in [4.78, 5) is 12.3. The number of anilines is 1. The van der Waals surface area contributed by atoms with E-state index in [-0.39, 0.29) is 12.5 Å². The molecule has 0 aliphatic carbocycles. The summed E-state index contributed by atoms with van der Waals surface area (Å²) in [7, 11) is 1.59. The number of rotatable bonds is 12. The van der Waals surface area contributed by atoms with E-state index in [1.807, 2.05) is 50.2 Å². The average Bonchev–Trinajstić information content (AvgIpc) is 2.72. The molecule has 0 saturated heterocycles. The lowest BCUT2D eigenvalue weighted by Crippen LogP contribution is -2.22. The molecule has 0 saturated carbocycles. The van der Waals surface area contributed by atoms with E-state index in [9.17, 15) is 4.79 Å². The normalized spacial score (nSPS) is 10.6. The molecule has 6 nitrogen and oxygen atoms in total. The minimum absolute atomic E-state index is 0.113. The van der Waals surface area contributed by atoms with Gasteiger partial charge in [-0.05, 0) is 51.1 Å². The number of aryl methyl sites for hydroxylation is 1. The highest BCUT2D eigenvalue weighted by atomic mass is 79.9. The zero-order valence-electron chi connectivity index (χ0n) is 17.2. The van der Waals surface area contributed by atoms with Crippen LogP contribution in [0.3, 0.4) is 0 Å². The summed E-state index contributed by atoms with van der Waals surface area (Å²) in [5, 5.41) is 6.22. The van der Waals surface area contributed by atoms with Gasteiger partial charge in [-0.2, -0.15) is 0 Å². The molecule has 158 valence electrons. The van der Waals surface area contributed by atoms with Gasteiger partial charge in [0.15, 0.2) is 18.1 Å². The summed E-state index contributed by atoms with van der Waals surface area (Å²) < 4.78 is 17.5. The fourth-order valence-electron chi connectivity index (χ4n) is 2.69. The number of hydrogen-bond acceptors (Lipinski definition) is 5. The van der Waals surface area contributed by atoms with Crippen molar-refractivity contribution >= 4 is 27.5 Å². The molecular formula is C22H29BrN2O4. The summed E-state index contributed by atoms with van der Waals surface area (Å²) in [6.45, 7) is 6.73. The fourth-order valence-corrected chi connectivity index (χ4v) is 3.15. The Kier molecular flexibility index (Phi) is 9.97. The Labute approximate surface area is 181 Å². The summed E-state index contributed by atoms with van der Waals surface area (Å²) in [5.41, 5.74) is 2.78. The number of halogens is 1. The van der Waals surface area contributed by atoms with Gasteiger partial charge in [-0.15, -0.1) is 0 Å². The van der Waals surface area contributed by atoms with Crippen LogP contribution in [0.15, 0.2) is 40.9 Å². The van der Waals surface area contributed by atoms with E-state index < -0.39 is 0 Å². The summed E-state index contributed by atoms with van der Waals surface area (Å²) >= 11 is 3.57. The zero-order chi connectivity index (χ0) is 21.1. The van der Waals surface area contributed by atoms with Crippen LogP contribution in [0, 0.1) is 6.92 Å². The third kappa shape index (κ3) is 7.68. The first-order chi connectivity index (χ1) is 14.0. The Hall–Kier alpha value is -2.09. The first-order valence-corrected chi connectivity index (χ1v) is 10.5. The Bertz CT molecular complexity index is 781. The largest absolute Gasteiger partial charge is 0.493 e. The van der Waals surface area contributed by atoms with Gasteiger partial charge in [0.1, 0.15) is 0 Å². The summed E-state index contributed by atoms with van der Waals surface area (Å²) in [6, 6.07) is 11.4. The number of carbonyl (C=O) groups is 1. The number of methoxy groups -OCH3 is 1. The molecule has 0 bridgehead atoms. The Morgan fingerprint density at radius 3 is 2.59 bits per heavy atom. The third-order valence-electron chi connectivity index (χ3n) is 4.22. The van der Waals surface area contributed by atoms with Crippen LogP contribution >= 0.6 is 15.9 Å². The molecule has 1 amide bonds. The zero-order valence-corrected chi connectivity index (χ0v) is 18.8. The molecule has 2 aromatic rings. The van der Waals surface area contributed by atoms with E-state index in [1.54, 1.807) is 7.11 Å². The van der Waals surface area contributed by atoms with Crippen LogP contribution in [-0.2, 0) is 16.1 Å². The highest BCUT2D eigenvalue weighted by molar-refractivity contribution is 9.10. The van der Waals surface area contributed by atoms with Crippen molar-refractivity contribution in [3.63, 3.8) is 0 Å². The molecule has 0 unspecified atom stereocenters. The molecule has 0 aliphatic heterocycles. The first kappa shape index (κ1) is 23.2. The van der Waals surface area contributed by atoms with Gasteiger partial charge in [0, 0.05) is 35.5 Å². The van der Waals surface area contributed by atoms with Crippen molar-refractivity contribution in [2.45, 2.75) is 26.8 Å². The van der Waals surface area contributed by atoms with Crippen LogP contribution in [-0.4, -0.2) is 39.4 Å². The second-order valence-electron chi connectivity index (χ2n) is 6.49. The number of carbonyl (C=O) groups excluding carboxylic acids is 1. The van der Waals surface area contributed by atoms with E-state index in [4.69, 9.17) is 14.2 Å². The Balaban J connectivity index is 1.98. The van der Waals surface area contributed by atoms with Crippen molar-refractivity contribution in [1.29, 1.82) is 0 Å².